The summed E-state index contributed by atoms with van der Waals surface area (Å²) in [6.45, 7) is 3.56. The average molecular weight is 203 g/mol. The minimum absolute atomic E-state index is 0.162. The number of hydrogen-bond donors (Lipinski definition) is 2. The molecule has 1 amide bonds. The monoisotopic (exact) mass is 202 g/mol. The maximum Gasteiger partial charge on any atom is 0.268 e. The molecule has 0 aliphatic heterocycles. The van der Waals surface area contributed by atoms with E-state index in [0.29, 0.717) is 5.03 Å². The summed E-state index contributed by atoms with van der Waals surface area (Å²) in [6.07, 6.45) is 1.10. The Hall–Kier alpha value is -1.29. The van der Waals surface area contributed by atoms with Crippen molar-refractivity contribution < 1.29 is 9.18 Å². The van der Waals surface area contributed by atoms with Crippen LogP contribution in [0.25, 0.3) is 0 Å². The zero-order valence-corrected chi connectivity index (χ0v) is 7.49. The van der Waals surface area contributed by atoms with Crippen molar-refractivity contribution in [2.24, 2.45) is 0 Å². The van der Waals surface area contributed by atoms with E-state index in [2.05, 4.69) is 16.9 Å². The number of aromatic amines is 1. The van der Waals surface area contributed by atoms with Gasteiger partial charge >= 0.3 is 0 Å². The number of carbonyl (C=O) groups excluding carboxylic acids is 1. The number of halogens is 2. The molecule has 0 fully saturated rings. The Morgan fingerprint density at radius 3 is 2.92 bits per heavy atom. The maximum atomic E-state index is 12.4. The average Bonchev–Trinajstić information content (AvgIpc) is 2.47. The third kappa shape index (κ3) is 2.91. The molecule has 0 radical (unpaired) electrons. The Morgan fingerprint density at radius 2 is 2.46 bits per heavy atom. The fourth-order valence-corrected chi connectivity index (χ4v) is 0.837. The zero-order chi connectivity index (χ0) is 9.84. The van der Waals surface area contributed by atoms with Gasteiger partial charge in [0.05, 0.1) is 6.54 Å². The number of aromatic nitrogens is 1. The molecule has 3 nitrogen and oxygen atoms in total. The molecule has 13 heavy (non-hydrogen) atoms. The van der Waals surface area contributed by atoms with Crippen LogP contribution in [0.5, 0.6) is 0 Å². The predicted molar refractivity (Wildman–Crippen MR) is 48.1 cm³/mol. The van der Waals surface area contributed by atoms with Crippen LogP contribution in [0, 0.1) is 5.82 Å². The van der Waals surface area contributed by atoms with E-state index in [1.54, 1.807) is 0 Å². The molecule has 0 atom stereocenters. The van der Waals surface area contributed by atoms with Crippen LogP contribution < -0.4 is 5.32 Å². The highest BCUT2D eigenvalue weighted by Gasteiger charge is 2.07. The summed E-state index contributed by atoms with van der Waals surface area (Å²) in [7, 11) is 0. The van der Waals surface area contributed by atoms with Gasteiger partial charge in [-0.1, -0.05) is 18.2 Å². The SMILES string of the molecule is C=C(Cl)CNC(=O)c1cc(F)c[nH]1. The van der Waals surface area contributed by atoms with Gasteiger partial charge in [-0.05, 0) is 0 Å². The molecule has 0 saturated heterocycles. The van der Waals surface area contributed by atoms with Crippen molar-refractivity contribution in [2.45, 2.75) is 0 Å². The van der Waals surface area contributed by atoms with E-state index in [4.69, 9.17) is 11.6 Å². The van der Waals surface area contributed by atoms with E-state index < -0.39 is 11.7 Å². The van der Waals surface area contributed by atoms with Gasteiger partial charge in [-0.3, -0.25) is 4.79 Å². The molecule has 0 bridgehead atoms. The summed E-state index contributed by atoms with van der Waals surface area (Å²) in [5, 5.41) is 2.76. The Kier molecular flexibility index (Phi) is 3.08. The van der Waals surface area contributed by atoms with Crippen LogP contribution in [0.4, 0.5) is 4.39 Å². The van der Waals surface area contributed by atoms with E-state index in [1.807, 2.05) is 0 Å². The number of H-pyrrole nitrogens is 1. The molecule has 5 heteroatoms. The van der Waals surface area contributed by atoms with Crippen molar-refractivity contribution in [3.8, 4) is 0 Å². The van der Waals surface area contributed by atoms with Crippen molar-refractivity contribution in [1.29, 1.82) is 0 Å². The summed E-state index contributed by atoms with van der Waals surface area (Å²) in [6, 6.07) is 1.10. The topological polar surface area (TPSA) is 44.9 Å². The molecule has 1 aromatic heterocycles. The lowest BCUT2D eigenvalue weighted by molar-refractivity contribution is 0.0953. The number of amides is 1. The molecule has 0 spiro atoms. The molecule has 0 aliphatic carbocycles. The Bertz CT molecular complexity index is 335. The quantitative estimate of drug-likeness (QED) is 0.769. The smallest absolute Gasteiger partial charge is 0.268 e. The number of carbonyl (C=O) groups is 1. The van der Waals surface area contributed by atoms with Crippen molar-refractivity contribution in [3.05, 3.63) is 35.4 Å². The molecule has 1 rings (SSSR count). The summed E-state index contributed by atoms with van der Waals surface area (Å²) >= 11 is 5.42. The summed E-state index contributed by atoms with van der Waals surface area (Å²) < 4.78 is 12.4. The molecule has 2 N–H and O–H groups in total. The highest BCUT2D eigenvalue weighted by Crippen LogP contribution is 2.01. The first-order valence-corrected chi connectivity index (χ1v) is 3.93. The van der Waals surface area contributed by atoms with Gasteiger partial charge < -0.3 is 10.3 Å². The number of nitrogens with one attached hydrogen (secondary N) is 2. The van der Waals surface area contributed by atoms with E-state index in [9.17, 15) is 9.18 Å². The molecule has 0 unspecified atom stereocenters. The first-order valence-electron chi connectivity index (χ1n) is 3.55. The van der Waals surface area contributed by atoms with Crippen LogP contribution >= 0.6 is 11.6 Å². The fourth-order valence-electron chi connectivity index (χ4n) is 0.770. The van der Waals surface area contributed by atoms with Crippen molar-refractivity contribution in [2.75, 3.05) is 6.54 Å². The molecule has 70 valence electrons. The van der Waals surface area contributed by atoms with Crippen LogP contribution in [0.15, 0.2) is 23.9 Å². The summed E-state index contributed by atoms with van der Waals surface area (Å²) in [5.74, 6) is -0.888. The second kappa shape index (κ2) is 4.09. The lowest BCUT2D eigenvalue weighted by Gasteiger charge is -2.00. The largest absolute Gasteiger partial charge is 0.355 e. The minimum atomic E-state index is -0.477. The molecule has 1 heterocycles. The van der Waals surface area contributed by atoms with Crippen LogP contribution in [0.1, 0.15) is 10.5 Å². The van der Waals surface area contributed by atoms with Gasteiger partial charge in [0.15, 0.2) is 0 Å². The lowest BCUT2D eigenvalue weighted by atomic mass is 10.4. The van der Waals surface area contributed by atoms with Crippen LogP contribution in [-0.2, 0) is 0 Å². The normalized spacial score (nSPS) is 9.69. The Labute approximate surface area is 79.6 Å². The van der Waals surface area contributed by atoms with E-state index in [-0.39, 0.29) is 12.2 Å². The van der Waals surface area contributed by atoms with Crippen molar-refractivity contribution >= 4 is 17.5 Å². The Morgan fingerprint density at radius 1 is 1.77 bits per heavy atom. The fraction of sp³-hybridized carbons (Fsp3) is 0.125. The first-order chi connectivity index (χ1) is 6.09. The molecular formula is C8H8ClFN2O. The van der Waals surface area contributed by atoms with Crippen LogP contribution in [0.3, 0.4) is 0 Å². The van der Waals surface area contributed by atoms with E-state index in [1.165, 1.54) is 0 Å². The van der Waals surface area contributed by atoms with Crippen molar-refractivity contribution in [1.82, 2.24) is 10.3 Å². The molecular weight excluding hydrogens is 195 g/mol. The minimum Gasteiger partial charge on any atom is -0.355 e. The molecule has 1 aromatic rings. The van der Waals surface area contributed by atoms with Gasteiger partial charge in [0.25, 0.3) is 5.91 Å². The predicted octanol–water partition coefficient (Wildman–Crippen LogP) is 1.64. The van der Waals surface area contributed by atoms with Gasteiger partial charge in [-0.25, -0.2) is 4.39 Å². The van der Waals surface area contributed by atoms with Crippen LogP contribution in [0.2, 0.25) is 0 Å². The summed E-state index contributed by atoms with van der Waals surface area (Å²) in [5.41, 5.74) is 0.162. The van der Waals surface area contributed by atoms with Crippen LogP contribution in [-0.4, -0.2) is 17.4 Å². The molecule has 0 saturated carbocycles. The standard InChI is InChI=1S/C8H8ClFN2O/c1-5(9)3-12-8(13)7-2-6(10)4-11-7/h2,4,11H,1,3H2,(H,12,13). The highest BCUT2D eigenvalue weighted by molar-refractivity contribution is 6.29. The van der Waals surface area contributed by atoms with E-state index >= 15 is 0 Å². The lowest BCUT2D eigenvalue weighted by Crippen LogP contribution is -2.24. The van der Waals surface area contributed by atoms with Gasteiger partial charge in [0, 0.05) is 17.3 Å². The third-order valence-electron chi connectivity index (χ3n) is 1.33. The van der Waals surface area contributed by atoms with Gasteiger partial charge in [-0.2, -0.15) is 0 Å². The second-order valence-electron chi connectivity index (χ2n) is 2.43. The zero-order valence-electron chi connectivity index (χ0n) is 6.73. The third-order valence-corrected chi connectivity index (χ3v) is 1.47. The van der Waals surface area contributed by atoms with Gasteiger partial charge in [-0.15, -0.1) is 0 Å². The maximum absolute atomic E-state index is 12.4. The van der Waals surface area contributed by atoms with Gasteiger partial charge in [0.1, 0.15) is 11.5 Å². The molecule has 0 aliphatic rings. The molecule has 0 aromatic carbocycles. The first kappa shape index (κ1) is 9.80. The summed E-state index contributed by atoms with van der Waals surface area (Å²) in [4.78, 5) is 13.6. The number of rotatable bonds is 3. The van der Waals surface area contributed by atoms with E-state index in [0.717, 1.165) is 12.3 Å². The Balaban J connectivity index is 2.54. The van der Waals surface area contributed by atoms with Gasteiger partial charge in [0.2, 0.25) is 0 Å². The second-order valence-corrected chi connectivity index (χ2v) is 2.97. The highest BCUT2D eigenvalue weighted by atomic mass is 35.5. The number of hydrogen-bond acceptors (Lipinski definition) is 1. The van der Waals surface area contributed by atoms with Crippen molar-refractivity contribution in [3.63, 3.8) is 0 Å².